The van der Waals surface area contributed by atoms with Gasteiger partial charge in [0, 0.05) is 16.7 Å². The molecule has 1 aromatic carbocycles. The minimum absolute atomic E-state index is 0.0983. The molecule has 2 rings (SSSR count). The number of nitrogens with zero attached hydrogens (tertiary/aromatic N) is 1. The van der Waals surface area contributed by atoms with E-state index in [1.165, 1.54) is 0 Å². The minimum Gasteiger partial charge on any atom is -0.463 e. The Bertz CT molecular complexity index is 612. The average molecular weight is 292 g/mol. The first-order valence-corrected chi connectivity index (χ1v) is 6.68. The summed E-state index contributed by atoms with van der Waals surface area (Å²) in [6, 6.07) is 11.2. The van der Waals surface area contributed by atoms with Crippen molar-refractivity contribution in [1.82, 2.24) is 0 Å². The third-order valence-corrected chi connectivity index (χ3v) is 3.09. The van der Waals surface area contributed by atoms with Gasteiger partial charge in [0.25, 0.3) is 5.82 Å². The van der Waals surface area contributed by atoms with Crippen LogP contribution in [0.1, 0.15) is 6.92 Å². The van der Waals surface area contributed by atoms with Crippen LogP contribution in [-0.2, 0) is 16.1 Å². The zero-order valence-corrected chi connectivity index (χ0v) is 11.9. The second kappa shape index (κ2) is 6.39. The topological polar surface area (TPSA) is 56.2 Å². The van der Waals surface area contributed by atoms with E-state index in [-0.39, 0.29) is 12.5 Å². The molecule has 5 heteroatoms. The van der Waals surface area contributed by atoms with Crippen molar-refractivity contribution >= 4 is 23.4 Å². The van der Waals surface area contributed by atoms with Gasteiger partial charge < -0.3 is 4.74 Å². The summed E-state index contributed by atoms with van der Waals surface area (Å²) in [5, 5.41) is 0.684. The molecule has 0 radical (unpaired) electrons. The molecule has 0 saturated heterocycles. The molecule has 0 amide bonds. The molecule has 20 heavy (non-hydrogen) atoms. The van der Waals surface area contributed by atoms with Gasteiger partial charge in [-0.1, -0.05) is 23.7 Å². The fourth-order valence-electron chi connectivity index (χ4n) is 1.85. The number of hydrogen-bond donors (Lipinski definition) is 1. The van der Waals surface area contributed by atoms with Crippen LogP contribution in [0.3, 0.4) is 0 Å². The maximum atomic E-state index is 11.5. The Hall–Kier alpha value is -2.07. The standard InChI is InChI=1S/C15H15ClN2O2/c1-2-20-15(19)10-18-9-12(5-8-14(18)17)11-3-6-13(16)7-4-11/h3-9,17H,2,10H2,1H3/p+1. The van der Waals surface area contributed by atoms with Gasteiger partial charge in [0.15, 0.2) is 6.54 Å². The van der Waals surface area contributed by atoms with Gasteiger partial charge in [-0.05, 0) is 30.7 Å². The number of aromatic nitrogens is 1. The average Bonchev–Trinajstić information content (AvgIpc) is 2.42. The van der Waals surface area contributed by atoms with E-state index in [1.807, 2.05) is 36.5 Å². The quantitative estimate of drug-likeness (QED) is 0.695. The molecule has 0 fully saturated rings. The lowest BCUT2D eigenvalue weighted by Gasteiger charge is -2.06. The van der Waals surface area contributed by atoms with Gasteiger partial charge in [-0.2, -0.15) is 0 Å². The van der Waals surface area contributed by atoms with E-state index in [0.29, 0.717) is 17.4 Å². The SMILES string of the molecule is CCOC(=O)C[n+]1cc(-c2ccc(Cl)cc2)ccc1N. The number of nitrogen functional groups attached to an aromatic ring is 1. The highest BCUT2D eigenvalue weighted by atomic mass is 35.5. The van der Waals surface area contributed by atoms with Crippen LogP contribution in [0.2, 0.25) is 5.02 Å². The number of anilines is 1. The number of carbonyl (C=O) groups is 1. The molecule has 0 unspecified atom stereocenters. The molecule has 0 aliphatic rings. The Labute approximate surface area is 122 Å². The Morgan fingerprint density at radius 2 is 1.85 bits per heavy atom. The Morgan fingerprint density at radius 1 is 1.20 bits per heavy atom. The van der Waals surface area contributed by atoms with Gasteiger partial charge in [-0.15, -0.1) is 0 Å². The maximum absolute atomic E-state index is 11.5. The Morgan fingerprint density at radius 3 is 2.50 bits per heavy atom. The summed E-state index contributed by atoms with van der Waals surface area (Å²) in [5.74, 6) is 0.202. The largest absolute Gasteiger partial charge is 0.463 e. The number of rotatable bonds is 4. The van der Waals surface area contributed by atoms with Gasteiger partial charge in [0.1, 0.15) is 0 Å². The molecule has 2 N–H and O–H groups in total. The molecule has 2 aromatic rings. The minimum atomic E-state index is -0.308. The van der Waals surface area contributed by atoms with Crippen LogP contribution in [0.25, 0.3) is 11.1 Å². The number of ether oxygens (including phenoxy) is 1. The molecule has 0 aliphatic heterocycles. The lowest BCUT2D eigenvalue weighted by Crippen LogP contribution is -2.41. The lowest BCUT2D eigenvalue weighted by molar-refractivity contribution is -0.671. The summed E-state index contributed by atoms with van der Waals surface area (Å²) in [7, 11) is 0. The van der Waals surface area contributed by atoms with Crippen molar-refractivity contribution in [3.63, 3.8) is 0 Å². The first kappa shape index (κ1) is 14.3. The number of nitrogens with two attached hydrogens (primary N) is 1. The first-order valence-electron chi connectivity index (χ1n) is 6.30. The Kier molecular flexibility index (Phi) is 4.58. The smallest absolute Gasteiger partial charge is 0.348 e. The maximum Gasteiger partial charge on any atom is 0.348 e. The molecule has 0 saturated carbocycles. The fraction of sp³-hybridized carbons (Fsp3) is 0.200. The van der Waals surface area contributed by atoms with E-state index in [9.17, 15) is 4.79 Å². The number of hydrogen-bond acceptors (Lipinski definition) is 3. The fourth-order valence-corrected chi connectivity index (χ4v) is 1.98. The van der Waals surface area contributed by atoms with E-state index in [1.54, 1.807) is 17.6 Å². The summed E-state index contributed by atoms with van der Waals surface area (Å²) in [6.07, 6.45) is 1.83. The van der Waals surface area contributed by atoms with Gasteiger partial charge in [0.2, 0.25) is 0 Å². The van der Waals surface area contributed by atoms with Gasteiger partial charge in [-0.25, -0.2) is 9.36 Å². The molecule has 1 heterocycles. The second-order valence-electron chi connectivity index (χ2n) is 4.28. The van der Waals surface area contributed by atoms with E-state index in [0.717, 1.165) is 11.1 Å². The predicted octanol–water partition coefficient (Wildman–Crippen LogP) is 2.44. The van der Waals surface area contributed by atoms with Crippen molar-refractivity contribution in [2.45, 2.75) is 13.5 Å². The summed E-state index contributed by atoms with van der Waals surface area (Å²) in [6.45, 7) is 2.23. The van der Waals surface area contributed by atoms with E-state index in [2.05, 4.69) is 0 Å². The Balaban J connectivity index is 2.28. The highest BCUT2D eigenvalue weighted by Crippen LogP contribution is 2.20. The number of pyridine rings is 1. The molecule has 1 aromatic heterocycles. The van der Waals surface area contributed by atoms with E-state index < -0.39 is 0 Å². The van der Waals surface area contributed by atoms with Crippen LogP contribution in [0, 0.1) is 0 Å². The zero-order chi connectivity index (χ0) is 14.5. The second-order valence-corrected chi connectivity index (χ2v) is 4.72. The first-order chi connectivity index (χ1) is 9.60. The summed E-state index contributed by atoms with van der Waals surface area (Å²) in [4.78, 5) is 11.5. The summed E-state index contributed by atoms with van der Waals surface area (Å²) >= 11 is 5.87. The molecular weight excluding hydrogens is 276 g/mol. The van der Waals surface area contributed by atoms with E-state index in [4.69, 9.17) is 22.1 Å². The molecule has 4 nitrogen and oxygen atoms in total. The monoisotopic (exact) mass is 291 g/mol. The number of halogens is 1. The van der Waals surface area contributed by atoms with E-state index >= 15 is 0 Å². The van der Waals surface area contributed by atoms with Crippen LogP contribution in [0.5, 0.6) is 0 Å². The molecule has 0 spiro atoms. The zero-order valence-electron chi connectivity index (χ0n) is 11.2. The highest BCUT2D eigenvalue weighted by molar-refractivity contribution is 6.30. The van der Waals surface area contributed by atoms with Crippen LogP contribution < -0.4 is 10.3 Å². The van der Waals surface area contributed by atoms with Crippen molar-refractivity contribution < 1.29 is 14.1 Å². The van der Waals surface area contributed by atoms with Gasteiger partial charge in [0.05, 0.1) is 12.8 Å². The van der Waals surface area contributed by atoms with Crippen LogP contribution in [-0.4, -0.2) is 12.6 Å². The van der Waals surface area contributed by atoms with Crippen LogP contribution in [0.15, 0.2) is 42.6 Å². The predicted molar refractivity (Wildman–Crippen MR) is 78.1 cm³/mol. The number of esters is 1. The molecule has 0 atom stereocenters. The number of benzene rings is 1. The van der Waals surface area contributed by atoms with Gasteiger partial charge in [-0.3, -0.25) is 5.73 Å². The highest BCUT2D eigenvalue weighted by Gasteiger charge is 2.12. The third-order valence-electron chi connectivity index (χ3n) is 2.84. The molecular formula is C15H16ClN2O2+. The normalized spacial score (nSPS) is 10.3. The lowest BCUT2D eigenvalue weighted by atomic mass is 10.1. The number of carbonyl (C=O) groups excluding carboxylic acids is 1. The molecule has 0 aliphatic carbocycles. The van der Waals surface area contributed by atoms with Crippen molar-refractivity contribution in [2.75, 3.05) is 12.3 Å². The van der Waals surface area contributed by atoms with Crippen LogP contribution >= 0.6 is 11.6 Å². The van der Waals surface area contributed by atoms with Gasteiger partial charge >= 0.3 is 5.97 Å². The molecule has 0 bridgehead atoms. The molecule has 104 valence electrons. The summed E-state index contributed by atoms with van der Waals surface area (Å²) < 4.78 is 6.60. The van der Waals surface area contributed by atoms with Crippen molar-refractivity contribution in [2.24, 2.45) is 0 Å². The van der Waals surface area contributed by atoms with Crippen molar-refractivity contribution in [3.8, 4) is 11.1 Å². The van der Waals surface area contributed by atoms with Crippen molar-refractivity contribution in [1.29, 1.82) is 0 Å². The van der Waals surface area contributed by atoms with Crippen molar-refractivity contribution in [3.05, 3.63) is 47.6 Å². The third kappa shape index (κ3) is 3.48. The van der Waals surface area contributed by atoms with Crippen LogP contribution in [0.4, 0.5) is 5.82 Å². The summed E-state index contributed by atoms with van der Waals surface area (Å²) in [5.41, 5.74) is 7.84.